The van der Waals surface area contributed by atoms with Crippen molar-refractivity contribution in [1.29, 1.82) is 5.26 Å². The number of nitrogens with zero attached hydrogens (tertiary/aromatic N) is 2. The van der Waals surface area contributed by atoms with Crippen molar-refractivity contribution in [1.82, 2.24) is 4.98 Å². The minimum absolute atomic E-state index is 0.282. The van der Waals surface area contributed by atoms with Crippen molar-refractivity contribution in [2.45, 2.75) is 38.9 Å². The van der Waals surface area contributed by atoms with E-state index in [1.165, 1.54) is 0 Å². The molecule has 1 fully saturated rings. The number of pyridine rings is 1. The van der Waals surface area contributed by atoms with E-state index >= 15 is 0 Å². The van der Waals surface area contributed by atoms with Gasteiger partial charge < -0.3 is 14.0 Å². The molecule has 0 saturated carbocycles. The van der Waals surface area contributed by atoms with Gasteiger partial charge in [-0.1, -0.05) is 0 Å². The van der Waals surface area contributed by atoms with Gasteiger partial charge in [0, 0.05) is 6.07 Å². The second kappa shape index (κ2) is 4.51. The average molecular weight is 260 g/mol. The molecule has 0 unspecified atom stereocenters. The summed E-state index contributed by atoms with van der Waals surface area (Å²) in [6.45, 7) is 7.88. The molecule has 5 nitrogen and oxygen atoms in total. The first-order valence-electron chi connectivity index (χ1n) is 6.11. The normalized spacial score (nSPS) is 20.1. The summed E-state index contributed by atoms with van der Waals surface area (Å²) in [6.07, 6.45) is 0. The Balaban J connectivity index is 2.37. The lowest BCUT2D eigenvalue weighted by atomic mass is 9.84. The fraction of sp³-hybridized carbons (Fsp3) is 0.538. The highest BCUT2D eigenvalue weighted by molar-refractivity contribution is 6.61. The van der Waals surface area contributed by atoms with Crippen LogP contribution in [0.15, 0.2) is 12.1 Å². The molecule has 19 heavy (non-hydrogen) atoms. The molecule has 0 bridgehead atoms. The maximum absolute atomic E-state index is 8.98. The van der Waals surface area contributed by atoms with E-state index in [2.05, 4.69) is 4.98 Å². The van der Waals surface area contributed by atoms with Gasteiger partial charge in [0.15, 0.2) is 0 Å². The molecule has 0 atom stereocenters. The number of aromatic nitrogens is 1. The van der Waals surface area contributed by atoms with Crippen LogP contribution in [-0.2, 0) is 9.31 Å². The second-order valence-electron chi connectivity index (χ2n) is 5.52. The summed E-state index contributed by atoms with van der Waals surface area (Å²) in [4.78, 5) is 4.22. The second-order valence-corrected chi connectivity index (χ2v) is 5.52. The lowest BCUT2D eigenvalue weighted by Gasteiger charge is -2.32. The molecule has 1 aliphatic heterocycles. The Kier molecular flexibility index (Phi) is 3.29. The summed E-state index contributed by atoms with van der Waals surface area (Å²) >= 11 is 0. The zero-order valence-corrected chi connectivity index (χ0v) is 11.9. The molecular weight excluding hydrogens is 243 g/mol. The fourth-order valence-electron chi connectivity index (χ4n) is 1.79. The van der Waals surface area contributed by atoms with Crippen LogP contribution in [0.3, 0.4) is 0 Å². The molecule has 1 aromatic heterocycles. The van der Waals surface area contributed by atoms with Crippen molar-refractivity contribution in [2.75, 3.05) is 7.11 Å². The van der Waals surface area contributed by atoms with Crippen LogP contribution in [0.5, 0.6) is 5.75 Å². The predicted octanol–water partition coefficient (Wildman–Crippen LogP) is 1.26. The minimum atomic E-state index is -0.591. The quantitative estimate of drug-likeness (QED) is 0.749. The van der Waals surface area contributed by atoms with Gasteiger partial charge in [0.25, 0.3) is 0 Å². The van der Waals surface area contributed by atoms with Crippen LogP contribution in [-0.4, -0.2) is 30.4 Å². The van der Waals surface area contributed by atoms with Gasteiger partial charge in [-0.15, -0.1) is 0 Å². The zero-order chi connectivity index (χ0) is 14.3. The van der Waals surface area contributed by atoms with Crippen LogP contribution >= 0.6 is 0 Å². The molecule has 1 aromatic rings. The highest BCUT2D eigenvalue weighted by atomic mass is 16.7. The average Bonchev–Trinajstić information content (AvgIpc) is 2.58. The van der Waals surface area contributed by atoms with Crippen molar-refractivity contribution in [3.05, 3.63) is 17.8 Å². The Hall–Kier alpha value is -1.58. The Bertz CT molecular complexity index is 521. The van der Waals surface area contributed by atoms with Crippen molar-refractivity contribution < 1.29 is 14.0 Å². The van der Waals surface area contributed by atoms with Crippen LogP contribution in [0.25, 0.3) is 0 Å². The molecule has 0 spiro atoms. The van der Waals surface area contributed by atoms with E-state index < -0.39 is 18.3 Å². The third-order valence-electron chi connectivity index (χ3n) is 3.66. The Morgan fingerprint density at radius 3 is 2.26 bits per heavy atom. The Morgan fingerprint density at radius 1 is 1.21 bits per heavy atom. The molecule has 6 heteroatoms. The van der Waals surface area contributed by atoms with Gasteiger partial charge in [-0.3, -0.25) is 0 Å². The van der Waals surface area contributed by atoms with E-state index in [4.69, 9.17) is 19.3 Å². The van der Waals surface area contributed by atoms with Crippen LogP contribution in [0.2, 0.25) is 0 Å². The smallest absolute Gasteiger partial charge is 0.497 e. The summed E-state index contributed by atoms with van der Waals surface area (Å²) in [7, 11) is 0.956. The minimum Gasteiger partial charge on any atom is -0.497 e. The number of nitriles is 1. The van der Waals surface area contributed by atoms with Gasteiger partial charge in [-0.2, -0.15) is 5.26 Å². The van der Waals surface area contributed by atoms with E-state index in [0.29, 0.717) is 11.3 Å². The summed E-state index contributed by atoms with van der Waals surface area (Å²) in [6, 6.07) is 5.31. The van der Waals surface area contributed by atoms with Crippen LogP contribution in [0, 0.1) is 11.3 Å². The zero-order valence-electron chi connectivity index (χ0n) is 11.9. The van der Waals surface area contributed by atoms with Gasteiger partial charge in [-0.05, 0) is 33.8 Å². The lowest BCUT2D eigenvalue weighted by Crippen LogP contribution is -2.41. The number of methoxy groups -OCH3 is 1. The Labute approximate surface area is 113 Å². The molecule has 1 saturated heterocycles. The topological polar surface area (TPSA) is 64.4 Å². The first-order valence-corrected chi connectivity index (χ1v) is 6.11. The molecule has 2 heterocycles. The third-order valence-corrected chi connectivity index (χ3v) is 3.66. The summed E-state index contributed by atoms with van der Waals surface area (Å²) in [5, 5.41) is 8.98. The molecule has 1 aliphatic rings. The lowest BCUT2D eigenvalue weighted by molar-refractivity contribution is 0.00578. The van der Waals surface area contributed by atoms with Crippen molar-refractivity contribution >= 4 is 12.7 Å². The number of ether oxygens (including phenoxy) is 1. The van der Waals surface area contributed by atoms with Crippen LogP contribution < -0.4 is 10.3 Å². The molecule has 2 rings (SSSR count). The van der Waals surface area contributed by atoms with Gasteiger partial charge >= 0.3 is 7.12 Å². The molecule has 0 aromatic carbocycles. The van der Waals surface area contributed by atoms with Crippen molar-refractivity contribution in [2.24, 2.45) is 0 Å². The summed E-state index contributed by atoms with van der Waals surface area (Å²) in [5.41, 5.74) is -0.0385. The van der Waals surface area contributed by atoms with E-state index in [1.54, 1.807) is 19.2 Å². The maximum atomic E-state index is 8.98. The van der Waals surface area contributed by atoms with E-state index in [9.17, 15) is 0 Å². The van der Waals surface area contributed by atoms with Gasteiger partial charge in [0.1, 0.15) is 17.5 Å². The number of hydrogen-bond donors (Lipinski definition) is 0. The standard InChI is InChI=1S/C13H17BN2O3/c1-12(2)13(3,4)19-14(18-12)11-7-10(17-5)6-9(8-15)16-11/h6-7H,1-5H3. The highest BCUT2D eigenvalue weighted by Crippen LogP contribution is 2.36. The molecule has 0 amide bonds. The predicted molar refractivity (Wildman–Crippen MR) is 71.2 cm³/mol. The molecule has 0 radical (unpaired) electrons. The monoisotopic (exact) mass is 260 g/mol. The molecule has 0 N–H and O–H groups in total. The molecule has 100 valence electrons. The number of hydrogen-bond acceptors (Lipinski definition) is 5. The first kappa shape index (κ1) is 13.8. The Morgan fingerprint density at radius 2 is 1.79 bits per heavy atom. The largest absolute Gasteiger partial charge is 0.514 e. The third kappa shape index (κ3) is 2.44. The molecular formula is C13H17BN2O3. The van der Waals surface area contributed by atoms with E-state index in [-0.39, 0.29) is 5.69 Å². The van der Waals surface area contributed by atoms with Crippen LogP contribution in [0.1, 0.15) is 33.4 Å². The van der Waals surface area contributed by atoms with Gasteiger partial charge in [0.05, 0.1) is 23.9 Å². The highest BCUT2D eigenvalue weighted by Gasteiger charge is 2.52. The van der Waals surface area contributed by atoms with Gasteiger partial charge in [0.2, 0.25) is 0 Å². The summed E-state index contributed by atoms with van der Waals surface area (Å²) in [5.74, 6) is 0.566. The maximum Gasteiger partial charge on any atom is 0.514 e. The van der Waals surface area contributed by atoms with E-state index in [1.807, 2.05) is 33.8 Å². The van der Waals surface area contributed by atoms with E-state index in [0.717, 1.165) is 0 Å². The molecule has 0 aliphatic carbocycles. The summed E-state index contributed by atoms with van der Waals surface area (Å²) < 4.78 is 17.0. The van der Waals surface area contributed by atoms with Crippen LogP contribution in [0.4, 0.5) is 0 Å². The fourth-order valence-corrected chi connectivity index (χ4v) is 1.79. The van der Waals surface area contributed by atoms with Gasteiger partial charge in [-0.25, -0.2) is 4.98 Å². The number of rotatable bonds is 2. The first-order chi connectivity index (χ1) is 8.79. The SMILES string of the molecule is COc1cc(C#N)nc(B2OC(C)(C)C(C)(C)O2)c1. The van der Waals surface area contributed by atoms with Crippen molar-refractivity contribution in [3.8, 4) is 11.8 Å². The van der Waals surface area contributed by atoms with Crippen molar-refractivity contribution in [3.63, 3.8) is 0 Å².